The Hall–Kier alpha value is -1.00. The van der Waals surface area contributed by atoms with Gasteiger partial charge in [0.1, 0.15) is 0 Å². The maximum absolute atomic E-state index is 12.0. The van der Waals surface area contributed by atoms with Gasteiger partial charge in [-0.3, -0.25) is 4.79 Å². The summed E-state index contributed by atoms with van der Waals surface area (Å²) in [5.41, 5.74) is 1.70. The maximum atomic E-state index is 12.0. The molecule has 0 saturated carbocycles. The number of thiol groups is 1. The van der Waals surface area contributed by atoms with Gasteiger partial charge >= 0.3 is 0 Å². The smallest absolute Gasteiger partial charge is 0.251 e. The van der Waals surface area contributed by atoms with E-state index in [-0.39, 0.29) is 5.91 Å². The van der Waals surface area contributed by atoms with Gasteiger partial charge in [-0.25, -0.2) is 0 Å². The highest BCUT2D eigenvalue weighted by molar-refractivity contribution is 7.80. The van der Waals surface area contributed by atoms with Crippen molar-refractivity contribution in [3.8, 4) is 0 Å². The number of benzene rings is 1. The van der Waals surface area contributed by atoms with E-state index in [1.807, 2.05) is 25.1 Å². The SMILES string of the molecule is Cc1ccc(S)cc1C(=O)NCCCCN(C)C. The molecule has 18 heavy (non-hydrogen) atoms. The number of hydrogen-bond donors (Lipinski definition) is 2. The molecular formula is C14H22N2OS. The van der Waals surface area contributed by atoms with Gasteiger partial charge in [-0.2, -0.15) is 0 Å². The van der Waals surface area contributed by atoms with Crippen LogP contribution >= 0.6 is 12.6 Å². The minimum absolute atomic E-state index is 0.00625. The fraction of sp³-hybridized carbons (Fsp3) is 0.500. The molecule has 4 heteroatoms. The van der Waals surface area contributed by atoms with Crippen LogP contribution in [-0.2, 0) is 0 Å². The molecule has 0 aromatic heterocycles. The molecule has 0 bridgehead atoms. The molecule has 0 aliphatic carbocycles. The summed E-state index contributed by atoms with van der Waals surface area (Å²) >= 11 is 4.26. The molecule has 0 saturated heterocycles. The zero-order valence-electron chi connectivity index (χ0n) is 11.4. The first-order chi connectivity index (χ1) is 8.50. The summed E-state index contributed by atoms with van der Waals surface area (Å²) in [6.45, 7) is 3.72. The molecular weight excluding hydrogens is 244 g/mol. The number of carbonyl (C=O) groups is 1. The number of nitrogens with zero attached hydrogens (tertiary/aromatic N) is 1. The third-order valence-corrected chi connectivity index (χ3v) is 3.06. The molecule has 0 unspecified atom stereocenters. The van der Waals surface area contributed by atoms with Gasteiger partial charge in [0, 0.05) is 17.0 Å². The van der Waals surface area contributed by atoms with Crippen molar-refractivity contribution >= 4 is 18.5 Å². The number of carbonyl (C=O) groups excluding carboxylic acids is 1. The molecule has 0 aliphatic heterocycles. The monoisotopic (exact) mass is 266 g/mol. The molecule has 1 amide bonds. The van der Waals surface area contributed by atoms with Gasteiger partial charge in [0.05, 0.1) is 0 Å². The summed E-state index contributed by atoms with van der Waals surface area (Å²) in [4.78, 5) is 14.9. The van der Waals surface area contributed by atoms with Gasteiger partial charge in [0.15, 0.2) is 0 Å². The maximum Gasteiger partial charge on any atom is 0.251 e. The van der Waals surface area contributed by atoms with Gasteiger partial charge in [-0.1, -0.05) is 6.07 Å². The van der Waals surface area contributed by atoms with Crippen molar-refractivity contribution in [1.29, 1.82) is 0 Å². The number of unbranched alkanes of at least 4 members (excludes halogenated alkanes) is 1. The molecule has 0 atom stereocenters. The fourth-order valence-corrected chi connectivity index (χ4v) is 1.91. The Bertz CT molecular complexity index is 405. The highest BCUT2D eigenvalue weighted by Gasteiger charge is 2.08. The van der Waals surface area contributed by atoms with Gasteiger partial charge in [0.25, 0.3) is 5.91 Å². The van der Waals surface area contributed by atoms with Crippen LogP contribution in [0.1, 0.15) is 28.8 Å². The van der Waals surface area contributed by atoms with Crippen molar-refractivity contribution in [3.63, 3.8) is 0 Å². The van der Waals surface area contributed by atoms with Crippen molar-refractivity contribution in [2.45, 2.75) is 24.7 Å². The van der Waals surface area contributed by atoms with Crippen LogP contribution in [0.3, 0.4) is 0 Å². The fourth-order valence-electron chi connectivity index (χ4n) is 1.70. The third kappa shape index (κ3) is 5.10. The van der Waals surface area contributed by atoms with Crippen LogP contribution in [0.4, 0.5) is 0 Å². The molecule has 1 aromatic carbocycles. The minimum atomic E-state index is -0.00625. The largest absolute Gasteiger partial charge is 0.352 e. The highest BCUT2D eigenvalue weighted by atomic mass is 32.1. The Balaban J connectivity index is 2.39. The van der Waals surface area contributed by atoms with Crippen LogP contribution in [0.5, 0.6) is 0 Å². The summed E-state index contributed by atoms with van der Waals surface area (Å²) in [6.07, 6.45) is 2.10. The van der Waals surface area contributed by atoms with Gasteiger partial charge in [-0.15, -0.1) is 12.6 Å². The van der Waals surface area contributed by atoms with Crippen LogP contribution in [0, 0.1) is 6.92 Å². The predicted octanol–water partition coefficient (Wildman–Crippen LogP) is 2.36. The highest BCUT2D eigenvalue weighted by Crippen LogP contribution is 2.13. The summed E-state index contributed by atoms with van der Waals surface area (Å²) < 4.78 is 0. The lowest BCUT2D eigenvalue weighted by atomic mass is 10.1. The van der Waals surface area contributed by atoms with Crippen LogP contribution in [0.15, 0.2) is 23.1 Å². The molecule has 0 radical (unpaired) electrons. The lowest BCUT2D eigenvalue weighted by molar-refractivity contribution is 0.0952. The average molecular weight is 266 g/mol. The van der Waals surface area contributed by atoms with Crippen LogP contribution < -0.4 is 5.32 Å². The summed E-state index contributed by atoms with van der Waals surface area (Å²) in [7, 11) is 4.11. The zero-order valence-corrected chi connectivity index (χ0v) is 12.3. The van der Waals surface area contributed by atoms with Crippen molar-refractivity contribution in [1.82, 2.24) is 10.2 Å². The Morgan fingerprint density at radius 2 is 2.06 bits per heavy atom. The molecule has 3 nitrogen and oxygen atoms in total. The average Bonchev–Trinajstić information content (AvgIpc) is 2.31. The van der Waals surface area contributed by atoms with E-state index >= 15 is 0 Å². The molecule has 1 rings (SSSR count). The number of aryl methyl sites for hydroxylation is 1. The lowest BCUT2D eigenvalue weighted by Gasteiger charge is -2.10. The summed E-state index contributed by atoms with van der Waals surface area (Å²) in [5, 5.41) is 2.95. The number of nitrogens with one attached hydrogen (secondary N) is 1. The number of rotatable bonds is 6. The first kappa shape index (κ1) is 15.1. The first-order valence-corrected chi connectivity index (χ1v) is 6.68. The van der Waals surface area contributed by atoms with Crippen LogP contribution in [-0.4, -0.2) is 38.0 Å². The number of hydrogen-bond acceptors (Lipinski definition) is 3. The van der Waals surface area contributed by atoms with Crippen molar-refractivity contribution < 1.29 is 4.79 Å². The van der Waals surface area contributed by atoms with E-state index in [1.165, 1.54) is 0 Å². The van der Waals surface area contributed by atoms with Gasteiger partial charge in [-0.05, 0) is 58.1 Å². The molecule has 0 spiro atoms. The molecule has 0 aliphatic rings. The van der Waals surface area contributed by atoms with Gasteiger partial charge in [0.2, 0.25) is 0 Å². The molecule has 1 aromatic rings. The molecule has 0 heterocycles. The Labute approximate surface area is 115 Å². The van der Waals surface area contributed by atoms with Crippen molar-refractivity contribution in [2.24, 2.45) is 0 Å². The molecule has 0 fully saturated rings. The third-order valence-electron chi connectivity index (χ3n) is 2.78. The van der Waals surface area contributed by atoms with E-state index in [9.17, 15) is 4.79 Å². The summed E-state index contributed by atoms with van der Waals surface area (Å²) in [6, 6.07) is 5.63. The van der Waals surface area contributed by atoms with E-state index in [4.69, 9.17) is 0 Å². The van der Waals surface area contributed by atoms with Crippen molar-refractivity contribution in [3.05, 3.63) is 29.3 Å². The zero-order chi connectivity index (χ0) is 13.5. The second-order valence-corrected chi connectivity index (χ2v) is 5.28. The van der Waals surface area contributed by atoms with E-state index in [2.05, 4.69) is 36.9 Å². The predicted molar refractivity (Wildman–Crippen MR) is 78.6 cm³/mol. The Kier molecular flexibility index (Phi) is 6.22. The molecule has 1 N–H and O–H groups in total. The quantitative estimate of drug-likeness (QED) is 0.612. The standard InChI is InChI=1S/C14H22N2OS/c1-11-6-7-12(18)10-13(11)14(17)15-8-4-5-9-16(2)3/h6-7,10,18H,4-5,8-9H2,1-3H3,(H,15,17). The molecule has 100 valence electrons. The van der Waals surface area contributed by atoms with E-state index in [0.29, 0.717) is 0 Å². The van der Waals surface area contributed by atoms with Crippen molar-refractivity contribution in [2.75, 3.05) is 27.2 Å². The second-order valence-electron chi connectivity index (χ2n) is 4.77. The van der Waals surface area contributed by atoms with Crippen LogP contribution in [0.2, 0.25) is 0 Å². The topological polar surface area (TPSA) is 32.3 Å². The van der Waals surface area contributed by atoms with Crippen LogP contribution in [0.25, 0.3) is 0 Å². The van der Waals surface area contributed by atoms with E-state index < -0.39 is 0 Å². The normalized spacial score (nSPS) is 10.7. The van der Waals surface area contributed by atoms with E-state index in [0.717, 1.165) is 42.0 Å². The van der Waals surface area contributed by atoms with Gasteiger partial charge < -0.3 is 10.2 Å². The first-order valence-electron chi connectivity index (χ1n) is 6.23. The number of amides is 1. The minimum Gasteiger partial charge on any atom is -0.352 e. The second kappa shape index (κ2) is 7.44. The lowest BCUT2D eigenvalue weighted by Crippen LogP contribution is -2.26. The summed E-state index contributed by atoms with van der Waals surface area (Å²) in [5.74, 6) is -0.00625. The van der Waals surface area contributed by atoms with E-state index in [1.54, 1.807) is 0 Å². The Morgan fingerprint density at radius 1 is 1.33 bits per heavy atom. The Morgan fingerprint density at radius 3 is 2.72 bits per heavy atom.